The lowest BCUT2D eigenvalue weighted by atomic mass is 10.1. The first-order valence-corrected chi connectivity index (χ1v) is 7.79. The predicted octanol–water partition coefficient (Wildman–Crippen LogP) is 4.38. The van der Waals surface area contributed by atoms with Gasteiger partial charge in [-0.15, -0.1) is 0 Å². The van der Waals surface area contributed by atoms with Crippen LogP contribution in [0, 0.1) is 0 Å². The molecule has 2 rings (SSSR count). The van der Waals surface area contributed by atoms with Crippen molar-refractivity contribution < 1.29 is 9.59 Å². The Hall–Kier alpha value is -2.04. The van der Waals surface area contributed by atoms with Gasteiger partial charge in [-0.3, -0.25) is 9.59 Å². The molecule has 0 saturated heterocycles. The molecule has 0 spiro atoms. The van der Waals surface area contributed by atoms with Crippen LogP contribution in [0.4, 0.5) is 5.69 Å². The summed E-state index contributed by atoms with van der Waals surface area (Å²) in [5, 5.41) is 6.24. The molecule has 0 aliphatic heterocycles. The van der Waals surface area contributed by atoms with Gasteiger partial charge in [0.15, 0.2) is 0 Å². The van der Waals surface area contributed by atoms with E-state index in [0.29, 0.717) is 21.8 Å². The first-order valence-electron chi connectivity index (χ1n) is 7.04. The first kappa shape index (κ1) is 17.3. The molecule has 0 aromatic heterocycles. The van der Waals surface area contributed by atoms with Gasteiger partial charge < -0.3 is 10.6 Å². The van der Waals surface area contributed by atoms with Crippen molar-refractivity contribution in [2.75, 3.05) is 5.32 Å². The molecular formula is C17H16Cl2N2O2. The van der Waals surface area contributed by atoms with Gasteiger partial charge in [-0.2, -0.15) is 0 Å². The van der Waals surface area contributed by atoms with Crippen molar-refractivity contribution in [1.82, 2.24) is 5.32 Å². The van der Waals surface area contributed by atoms with Gasteiger partial charge >= 0.3 is 0 Å². The molecule has 2 aromatic rings. The van der Waals surface area contributed by atoms with Gasteiger partial charge in [0.05, 0.1) is 10.6 Å². The van der Waals surface area contributed by atoms with Crippen molar-refractivity contribution in [3.63, 3.8) is 0 Å². The number of hydrogen-bond donors (Lipinski definition) is 2. The fourth-order valence-corrected chi connectivity index (χ4v) is 2.45. The molecule has 2 N–H and O–H groups in total. The van der Waals surface area contributed by atoms with Crippen LogP contribution in [0.2, 0.25) is 10.0 Å². The Kier molecular flexibility index (Phi) is 5.64. The van der Waals surface area contributed by atoms with Gasteiger partial charge in [-0.1, -0.05) is 29.3 Å². The number of halogens is 2. The SMILES string of the molecule is CC(C)NC(=O)c1cccc(NC(=O)c2ccc(Cl)cc2Cl)c1. The Bertz CT molecular complexity index is 745. The number of amides is 2. The average molecular weight is 351 g/mol. The molecule has 120 valence electrons. The molecule has 4 nitrogen and oxygen atoms in total. The van der Waals surface area contributed by atoms with Crippen molar-refractivity contribution >= 4 is 40.7 Å². The van der Waals surface area contributed by atoms with Crippen LogP contribution in [-0.4, -0.2) is 17.9 Å². The smallest absolute Gasteiger partial charge is 0.257 e. The quantitative estimate of drug-likeness (QED) is 0.859. The van der Waals surface area contributed by atoms with Crippen molar-refractivity contribution in [2.45, 2.75) is 19.9 Å². The van der Waals surface area contributed by atoms with Crippen molar-refractivity contribution in [1.29, 1.82) is 0 Å². The van der Waals surface area contributed by atoms with E-state index < -0.39 is 0 Å². The normalized spacial score (nSPS) is 10.5. The summed E-state index contributed by atoms with van der Waals surface area (Å²) < 4.78 is 0. The van der Waals surface area contributed by atoms with Crippen molar-refractivity contribution in [3.05, 3.63) is 63.6 Å². The number of nitrogens with one attached hydrogen (secondary N) is 2. The highest BCUT2D eigenvalue weighted by Crippen LogP contribution is 2.22. The largest absolute Gasteiger partial charge is 0.350 e. The van der Waals surface area contributed by atoms with E-state index in [1.807, 2.05) is 13.8 Å². The lowest BCUT2D eigenvalue weighted by Crippen LogP contribution is -2.30. The van der Waals surface area contributed by atoms with Crippen LogP contribution in [0.1, 0.15) is 34.6 Å². The molecule has 6 heteroatoms. The van der Waals surface area contributed by atoms with E-state index in [9.17, 15) is 9.59 Å². The first-order chi connectivity index (χ1) is 10.9. The zero-order valence-electron chi connectivity index (χ0n) is 12.7. The van der Waals surface area contributed by atoms with E-state index in [1.165, 1.54) is 6.07 Å². The standard InChI is InChI=1S/C17H16Cl2N2O2/c1-10(2)20-16(22)11-4-3-5-13(8-11)21-17(23)14-7-6-12(18)9-15(14)19/h3-10H,1-2H3,(H,20,22)(H,21,23). The molecule has 0 saturated carbocycles. The third-order valence-electron chi connectivity index (χ3n) is 2.98. The summed E-state index contributed by atoms with van der Waals surface area (Å²) in [6.45, 7) is 3.76. The highest BCUT2D eigenvalue weighted by Gasteiger charge is 2.12. The molecule has 23 heavy (non-hydrogen) atoms. The van der Waals surface area contributed by atoms with E-state index in [1.54, 1.807) is 36.4 Å². The third-order valence-corrected chi connectivity index (χ3v) is 3.53. The second-order valence-corrected chi connectivity index (χ2v) is 6.13. The van der Waals surface area contributed by atoms with Crippen LogP contribution in [0.25, 0.3) is 0 Å². The zero-order valence-corrected chi connectivity index (χ0v) is 14.2. The summed E-state index contributed by atoms with van der Waals surface area (Å²) in [6.07, 6.45) is 0. The highest BCUT2D eigenvalue weighted by molar-refractivity contribution is 6.37. The fraction of sp³-hybridized carbons (Fsp3) is 0.176. The van der Waals surface area contributed by atoms with Gasteiger partial charge in [-0.25, -0.2) is 0 Å². The van der Waals surface area contributed by atoms with Crippen LogP contribution in [0.3, 0.4) is 0 Å². The summed E-state index contributed by atoms with van der Waals surface area (Å²) in [6, 6.07) is 11.4. The van der Waals surface area contributed by atoms with E-state index in [2.05, 4.69) is 10.6 Å². The van der Waals surface area contributed by atoms with E-state index in [0.717, 1.165) is 0 Å². The molecule has 0 radical (unpaired) electrons. The molecule has 2 amide bonds. The van der Waals surface area contributed by atoms with Crippen LogP contribution < -0.4 is 10.6 Å². The summed E-state index contributed by atoms with van der Waals surface area (Å²) in [4.78, 5) is 24.3. The molecule has 0 bridgehead atoms. The van der Waals surface area contributed by atoms with Gasteiger partial charge in [-0.05, 0) is 50.2 Å². The highest BCUT2D eigenvalue weighted by atomic mass is 35.5. The van der Waals surface area contributed by atoms with Crippen LogP contribution >= 0.6 is 23.2 Å². The van der Waals surface area contributed by atoms with Crippen molar-refractivity contribution in [2.24, 2.45) is 0 Å². The topological polar surface area (TPSA) is 58.2 Å². The van der Waals surface area contributed by atoms with Crippen LogP contribution in [-0.2, 0) is 0 Å². The minimum atomic E-state index is -0.368. The number of carbonyl (C=O) groups is 2. The van der Waals surface area contributed by atoms with E-state index in [4.69, 9.17) is 23.2 Å². The number of hydrogen-bond acceptors (Lipinski definition) is 2. The molecule has 0 aliphatic rings. The fourth-order valence-electron chi connectivity index (χ4n) is 1.96. The van der Waals surface area contributed by atoms with E-state index >= 15 is 0 Å². The molecule has 2 aromatic carbocycles. The predicted molar refractivity (Wildman–Crippen MR) is 93.5 cm³/mol. The molecular weight excluding hydrogens is 335 g/mol. The minimum Gasteiger partial charge on any atom is -0.350 e. The monoisotopic (exact) mass is 350 g/mol. The Morgan fingerprint density at radius 1 is 1.00 bits per heavy atom. The van der Waals surface area contributed by atoms with Crippen molar-refractivity contribution in [3.8, 4) is 0 Å². The minimum absolute atomic E-state index is 0.0358. The lowest BCUT2D eigenvalue weighted by Gasteiger charge is -2.11. The number of anilines is 1. The maximum absolute atomic E-state index is 12.3. The van der Waals surface area contributed by atoms with E-state index in [-0.39, 0.29) is 22.9 Å². The van der Waals surface area contributed by atoms with Gasteiger partial charge in [0.25, 0.3) is 11.8 Å². The summed E-state index contributed by atoms with van der Waals surface area (Å²) in [5.74, 6) is -0.561. The zero-order chi connectivity index (χ0) is 17.0. The van der Waals surface area contributed by atoms with Crippen LogP contribution in [0.5, 0.6) is 0 Å². The Labute approximate surface area is 144 Å². The summed E-state index contributed by atoms with van der Waals surface area (Å²) >= 11 is 11.8. The molecule has 0 heterocycles. The second kappa shape index (κ2) is 7.49. The summed E-state index contributed by atoms with van der Waals surface area (Å²) in [7, 11) is 0. The maximum atomic E-state index is 12.3. The molecule has 0 unspecified atom stereocenters. The Balaban J connectivity index is 2.17. The number of carbonyl (C=O) groups excluding carboxylic acids is 2. The van der Waals surface area contributed by atoms with Gasteiger partial charge in [0.1, 0.15) is 0 Å². The Morgan fingerprint density at radius 3 is 2.39 bits per heavy atom. The summed E-state index contributed by atoms with van der Waals surface area (Å²) in [5.41, 5.74) is 1.30. The Morgan fingerprint density at radius 2 is 1.74 bits per heavy atom. The van der Waals surface area contributed by atoms with Gasteiger partial charge in [0, 0.05) is 22.3 Å². The second-order valence-electron chi connectivity index (χ2n) is 5.29. The molecule has 0 atom stereocenters. The average Bonchev–Trinajstić information content (AvgIpc) is 2.46. The van der Waals surface area contributed by atoms with Crippen LogP contribution in [0.15, 0.2) is 42.5 Å². The number of rotatable bonds is 4. The van der Waals surface area contributed by atoms with Gasteiger partial charge in [0.2, 0.25) is 0 Å². The molecule has 0 fully saturated rings. The maximum Gasteiger partial charge on any atom is 0.257 e. The lowest BCUT2D eigenvalue weighted by molar-refractivity contribution is 0.0941. The number of benzene rings is 2. The molecule has 0 aliphatic carbocycles. The third kappa shape index (κ3) is 4.71.